The van der Waals surface area contributed by atoms with E-state index in [0.717, 1.165) is 29.7 Å². The third-order valence-corrected chi connectivity index (χ3v) is 4.84. The topological polar surface area (TPSA) is 67.1 Å². The summed E-state index contributed by atoms with van der Waals surface area (Å²) in [7, 11) is 0. The predicted molar refractivity (Wildman–Crippen MR) is 98.6 cm³/mol. The zero-order valence-electron chi connectivity index (χ0n) is 13.1. The van der Waals surface area contributed by atoms with Crippen molar-refractivity contribution in [1.82, 2.24) is 5.32 Å². The van der Waals surface area contributed by atoms with Crippen molar-refractivity contribution in [2.24, 2.45) is 5.73 Å². The first-order chi connectivity index (χ1) is 11.6. The number of unbranched alkanes of at least 4 members (excludes halogenated alkanes) is 1. The molecule has 1 amide bonds. The average Bonchev–Trinajstić information content (AvgIpc) is 2.84. The lowest BCUT2D eigenvalue weighted by Crippen LogP contribution is -2.49. The van der Waals surface area contributed by atoms with Gasteiger partial charge in [-0.1, -0.05) is 41.4 Å². The lowest BCUT2D eigenvalue weighted by atomic mass is 9.83. The van der Waals surface area contributed by atoms with Crippen LogP contribution in [0.5, 0.6) is 0 Å². The maximum absolute atomic E-state index is 13.0. The largest absolute Gasteiger partial charge is 0.330 e. The standard InChI is InChI=1S/C18H19Cl2N3O/c19-12-7-8-16-14(11-12)18(17(24)23-16,22-10-4-3-9-21)13-5-1-2-6-15(13)20/h1-2,5-8,11,22H,3-4,9-10,21H2,(H,23,24). The van der Waals surface area contributed by atoms with Gasteiger partial charge in [0.2, 0.25) is 0 Å². The van der Waals surface area contributed by atoms with E-state index in [2.05, 4.69) is 10.6 Å². The Bertz CT molecular complexity index is 766. The summed E-state index contributed by atoms with van der Waals surface area (Å²) >= 11 is 12.6. The Kier molecular flexibility index (Phi) is 5.11. The highest BCUT2D eigenvalue weighted by atomic mass is 35.5. The summed E-state index contributed by atoms with van der Waals surface area (Å²) in [6.45, 7) is 1.26. The number of nitrogens with two attached hydrogens (primary N) is 1. The number of nitrogens with one attached hydrogen (secondary N) is 2. The molecule has 0 fully saturated rings. The van der Waals surface area contributed by atoms with Gasteiger partial charge in [-0.05, 0) is 50.2 Å². The fourth-order valence-electron chi connectivity index (χ4n) is 3.12. The molecule has 0 radical (unpaired) electrons. The molecule has 2 aromatic rings. The molecular weight excluding hydrogens is 345 g/mol. The van der Waals surface area contributed by atoms with Crippen LogP contribution in [0.2, 0.25) is 10.0 Å². The number of rotatable bonds is 6. The first-order valence-electron chi connectivity index (χ1n) is 7.91. The molecule has 2 aromatic carbocycles. The number of hydrogen-bond acceptors (Lipinski definition) is 3. The third kappa shape index (κ3) is 2.91. The molecule has 1 heterocycles. The zero-order chi connectivity index (χ0) is 17.2. The molecule has 6 heteroatoms. The van der Waals surface area contributed by atoms with Crippen molar-refractivity contribution in [3.05, 3.63) is 63.6 Å². The molecular formula is C18H19Cl2N3O. The van der Waals surface area contributed by atoms with Crippen molar-refractivity contribution in [2.75, 3.05) is 18.4 Å². The number of benzene rings is 2. The number of anilines is 1. The van der Waals surface area contributed by atoms with Crippen molar-refractivity contribution in [3.63, 3.8) is 0 Å². The summed E-state index contributed by atoms with van der Waals surface area (Å²) < 4.78 is 0. The van der Waals surface area contributed by atoms with Gasteiger partial charge in [0.05, 0.1) is 0 Å². The normalized spacial score (nSPS) is 19.2. The number of hydrogen-bond donors (Lipinski definition) is 3. The van der Waals surface area contributed by atoms with Gasteiger partial charge in [-0.25, -0.2) is 0 Å². The molecule has 0 spiro atoms. The molecule has 0 saturated carbocycles. The average molecular weight is 364 g/mol. The molecule has 4 nitrogen and oxygen atoms in total. The Balaban J connectivity index is 2.12. The number of carbonyl (C=O) groups is 1. The quantitative estimate of drug-likeness (QED) is 0.687. The van der Waals surface area contributed by atoms with Crippen molar-refractivity contribution in [2.45, 2.75) is 18.4 Å². The van der Waals surface area contributed by atoms with Gasteiger partial charge in [-0.2, -0.15) is 0 Å². The van der Waals surface area contributed by atoms with Crippen LogP contribution in [0.4, 0.5) is 5.69 Å². The SMILES string of the molecule is NCCCCNC1(c2ccccc2Cl)C(=O)Nc2ccc(Cl)cc21. The van der Waals surface area contributed by atoms with Gasteiger partial charge in [-0.3, -0.25) is 10.1 Å². The number of fused-ring (bicyclic) bond motifs is 1. The van der Waals surface area contributed by atoms with Crippen molar-refractivity contribution >= 4 is 34.8 Å². The second kappa shape index (κ2) is 7.11. The molecule has 4 N–H and O–H groups in total. The van der Waals surface area contributed by atoms with E-state index in [1.807, 2.05) is 30.3 Å². The number of halogens is 2. The van der Waals surface area contributed by atoms with Crippen LogP contribution in [0, 0.1) is 0 Å². The molecule has 1 aliphatic heterocycles. The van der Waals surface area contributed by atoms with Crippen LogP contribution in [0.3, 0.4) is 0 Å². The minimum Gasteiger partial charge on any atom is -0.330 e. The summed E-state index contributed by atoms with van der Waals surface area (Å²) in [4.78, 5) is 13.0. The summed E-state index contributed by atoms with van der Waals surface area (Å²) in [5.74, 6) is -0.152. The molecule has 24 heavy (non-hydrogen) atoms. The second-order valence-corrected chi connectivity index (χ2v) is 6.64. The lowest BCUT2D eigenvalue weighted by molar-refractivity contribution is -0.120. The third-order valence-electron chi connectivity index (χ3n) is 4.27. The van der Waals surface area contributed by atoms with Crippen LogP contribution < -0.4 is 16.4 Å². The van der Waals surface area contributed by atoms with Crippen molar-refractivity contribution in [1.29, 1.82) is 0 Å². The highest BCUT2D eigenvalue weighted by molar-refractivity contribution is 6.32. The van der Waals surface area contributed by atoms with Gasteiger partial charge < -0.3 is 11.1 Å². The van der Waals surface area contributed by atoms with Gasteiger partial charge in [0.15, 0.2) is 5.54 Å². The monoisotopic (exact) mass is 363 g/mol. The van der Waals surface area contributed by atoms with E-state index in [4.69, 9.17) is 28.9 Å². The Hall–Kier alpha value is -1.59. The molecule has 1 atom stereocenters. The number of amides is 1. The number of carbonyl (C=O) groups excluding carboxylic acids is 1. The van der Waals surface area contributed by atoms with Crippen LogP contribution >= 0.6 is 23.2 Å². The van der Waals surface area contributed by atoms with E-state index >= 15 is 0 Å². The minimum absolute atomic E-state index is 0.152. The summed E-state index contributed by atoms with van der Waals surface area (Å²) in [5, 5.41) is 7.46. The van der Waals surface area contributed by atoms with Crippen LogP contribution in [-0.2, 0) is 10.3 Å². The van der Waals surface area contributed by atoms with E-state index in [9.17, 15) is 4.79 Å². The Morgan fingerprint density at radius 3 is 2.62 bits per heavy atom. The molecule has 1 aliphatic rings. The summed E-state index contributed by atoms with van der Waals surface area (Å²) in [6.07, 6.45) is 1.75. The van der Waals surface area contributed by atoms with Gasteiger partial charge in [0.1, 0.15) is 0 Å². The van der Waals surface area contributed by atoms with Gasteiger partial charge in [0.25, 0.3) is 5.91 Å². The Morgan fingerprint density at radius 2 is 1.88 bits per heavy atom. The van der Waals surface area contributed by atoms with Gasteiger partial charge in [-0.15, -0.1) is 0 Å². The van der Waals surface area contributed by atoms with E-state index in [0.29, 0.717) is 23.1 Å². The van der Waals surface area contributed by atoms with Crippen molar-refractivity contribution in [3.8, 4) is 0 Å². The maximum Gasteiger partial charge on any atom is 0.254 e. The smallest absolute Gasteiger partial charge is 0.254 e. The Morgan fingerprint density at radius 1 is 1.08 bits per heavy atom. The van der Waals surface area contributed by atoms with E-state index in [1.54, 1.807) is 12.1 Å². The molecule has 1 unspecified atom stereocenters. The minimum atomic E-state index is -1.05. The maximum atomic E-state index is 13.0. The van der Waals surface area contributed by atoms with E-state index in [-0.39, 0.29) is 5.91 Å². The first kappa shape index (κ1) is 17.2. The van der Waals surface area contributed by atoms with Gasteiger partial charge in [0, 0.05) is 26.9 Å². The molecule has 0 saturated heterocycles. The highest BCUT2D eigenvalue weighted by Crippen LogP contribution is 2.44. The molecule has 0 aromatic heterocycles. The highest BCUT2D eigenvalue weighted by Gasteiger charge is 2.49. The molecule has 126 valence electrons. The van der Waals surface area contributed by atoms with Crippen LogP contribution in [0.25, 0.3) is 0 Å². The van der Waals surface area contributed by atoms with E-state index in [1.165, 1.54) is 0 Å². The second-order valence-electron chi connectivity index (χ2n) is 5.80. The molecule has 0 aliphatic carbocycles. The zero-order valence-corrected chi connectivity index (χ0v) is 14.6. The molecule has 0 bridgehead atoms. The summed E-state index contributed by atoms with van der Waals surface area (Å²) in [5.41, 5.74) is 6.78. The summed E-state index contributed by atoms with van der Waals surface area (Å²) in [6, 6.07) is 12.8. The van der Waals surface area contributed by atoms with Gasteiger partial charge >= 0.3 is 0 Å². The fraction of sp³-hybridized carbons (Fsp3) is 0.278. The van der Waals surface area contributed by atoms with Crippen LogP contribution in [0.15, 0.2) is 42.5 Å². The Labute approximate surface area is 151 Å². The van der Waals surface area contributed by atoms with Crippen LogP contribution in [-0.4, -0.2) is 19.0 Å². The van der Waals surface area contributed by atoms with E-state index < -0.39 is 5.54 Å². The van der Waals surface area contributed by atoms with Crippen LogP contribution in [0.1, 0.15) is 24.0 Å². The molecule has 3 rings (SSSR count). The fourth-order valence-corrected chi connectivity index (χ4v) is 3.57. The first-order valence-corrected chi connectivity index (χ1v) is 8.67. The van der Waals surface area contributed by atoms with Crippen molar-refractivity contribution < 1.29 is 4.79 Å². The predicted octanol–water partition coefficient (Wildman–Crippen LogP) is 3.52. The lowest BCUT2D eigenvalue weighted by Gasteiger charge is -2.30.